The summed E-state index contributed by atoms with van der Waals surface area (Å²) in [5, 5.41) is 4.25. The molecule has 2 aromatic heterocycles. The first kappa shape index (κ1) is 28.1. The number of anilines is 2. The molecule has 0 aliphatic carbocycles. The number of aromatic amines is 1. The first-order valence-electron chi connectivity index (χ1n) is 13.3. The molecule has 3 heterocycles. The molecule has 2 N–H and O–H groups in total. The summed E-state index contributed by atoms with van der Waals surface area (Å²) in [6, 6.07) is 10.0. The van der Waals surface area contributed by atoms with Crippen molar-refractivity contribution in [2.75, 3.05) is 32.5 Å². The number of carbonyl (C=O) groups excluding carboxylic acids is 1. The minimum absolute atomic E-state index is 0.0885. The summed E-state index contributed by atoms with van der Waals surface area (Å²) in [6.45, 7) is 9.62. The second-order valence-electron chi connectivity index (χ2n) is 9.18. The summed E-state index contributed by atoms with van der Waals surface area (Å²) < 4.78 is 0. The van der Waals surface area contributed by atoms with Gasteiger partial charge in [-0.05, 0) is 90.5 Å². The number of benzene rings is 1. The molecule has 0 saturated carbocycles. The van der Waals surface area contributed by atoms with Gasteiger partial charge in [-0.1, -0.05) is 19.9 Å². The van der Waals surface area contributed by atoms with Gasteiger partial charge in [-0.25, -0.2) is 9.97 Å². The quantitative estimate of drug-likeness (QED) is 0.361. The number of amides is 1. The zero-order chi connectivity index (χ0) is 26.8. The lowest BCUT2D eigenvalue weighted by molar-refractivity contribution is 0.0586. The molecule has 1 saturated heterocycles. The number of rotatable bonds is 8. The van der Waals surface area contributed by atoms with Crippen LogP contribution in [0.3, 0.4) is 0 Å². The third kappa shape index (κ3) is 7.26. The number of H-pyrrole nitrogens is 1. The van der Waals surface area contributed by atoms with Gasteiger partial charge in [0.15, 0.2) is 0 Å². The van der Waals surface area contributed by atoms with Gasteiger partial charge in [-0.2, -0.15) is 0 Å². The van der Waals surface area contributed by atoms with Gasteiger partial charge in [-0.3, -0.25) is 9.79 Å². The molecule has 1 atom stereocenters. The van der Waals surface area contributed by atoms with Crippen LogP contribution in [0.5, 0.6) is 0 Å². The molecule has 1 unspecified atom stereocenters. The lowest BCUT2D eigenvalue weighted by atomic mass is 9.98. The summed E-state index contributed by atoms with van der Waals surface area (Å²) in [6.07, 6.45) is 9.72. The van der Waals surface area contributed by atoms with Crippen LogP contribution >= 0.6 is 0 Å². The van der Waals surface area contributed by atoms with E-state index in [2.05, 4.69) is 49.2 Å². The highest BCUT2D eigenvalue weighted by atomic mass is 16.2. The Morgan fingerprint density at radius 1 is 1.22 bits per heavy atom. The summed E-state index contributed by atoms with van der Waals surface area (Å²) in [4.78, 5) is 34.3. The number of nitrogens with one attached hydrogen (secondary N) is 2. The Hall–Kier alpha value is -3.52. The number of hydrogen-bond acceptors (Lipinski definition) is 6. The van der Waals surface area contributed by atoms with Gasteiger partial charge < -0.3 is 20.1 Å². The molecule has 8 heteroatoms. The third-order valence-corrected chi connectivity index (χ3v) is 6.36. The van der Waals surface area contributed by atoms with Crippen molar-refractivity contribution in [3.63, 3.8) is 0 Å². The van der Waals surface area contributed by atoms with Crippen molar-refractivity contribution < 1.29 is 4.79 Å². The van der Waals surface area contributed by atoms with Gasteiger partial charge in [0.1, 0.15) is 5.69 Å². The van der Waals surface area contributed by atoms with Gasteiger partial charge >= 0.3 is 0 Å². The fourth-order valence-electron chi connectivity index (χ4n) is 4.57. The lowest BCUT2D eigenvalue weighted by Gasteiger charge is -2.36. The third-order valence-electron chi connectivity index (χ3n) is 6.36. The lowest BCUT2D eigenvalue weighted by Crippen LogP contribution is -2.45. The zero-order valence-electron chi connectivity index (χ0n) is 23.1. The normalized spacial score (nSPS) is 16.2. The monoisotopic (exact) mass is 503 g/mol. The molecule has 37 heavy (non-hydrogen) atoms. The molecule has 4 rings (SSSR count). The minimum atomic E-state index is 0.0885. The van der Waals surface area contributed by atoms with E-state index in [0.717, 1.165) is 60.3 Å². The molecule has 1 aliphatic heterocycles. The van der Waals surface area contributed by atoms with Crippen molar-refractivity contribution in [2.24, 2.45) is 4.99 Å². The average molecular weight is 504 g/mol. The van der Waals surface area contributed by atoms with Crippen LogP contribution in [-0.2, 0) is 0 Å². The molecule has 0 radical (unpaired) electrons. The van der Waals surface area contributed by atoms with E-state index in [4.69, 9.17) is 0 Å². The Bertz CT molecular complexity index is 1230. The van der Waals surface area contributed by atoms with Crippen LogP contribution in [0.15, 0.2) is 47.6 Å². The van der Waals surface area contributed by atoms with E-state index in [9.17, 15) is 4.79 Å². The maximum atomic E-state index is 13.4. The number of piperidine rings is 1. The summed E-state index contributed by atoms with van der Waals surface area (Å²) in [5.41, 5.74) is 3.98. The predicted molar refractivity (Wildman–Crippen MR) is 155 cm³/mol. The Morgan fingerprint density at radius 3 is 2.76 bits per heavy atom. The van der Waals surface area contributed by atoms with Crippen LogP contribution in [0.1, 0.15) is 69.6 Å². The van der Waals surface area contributed by atoms with E-state index in [1.807, 2.05) is 64.1 Å². The van der Waals surface area contributed by atoms with Crippen molar-refractivity contribution in [3.8, 4) is 0 Å². The highest BCUT2D eigenvalue weighted by Gasteiger charge is 2.28. The number of nitrogens with zero attached hydrogens (tertiary/aromatic N) is 5. The number of fused-ring (bicyclic) bond motifs is 1. The average Bonchev–Trinajstić information content (AvgIpc) is 3.35. The first-order chi connectivity index (χ1) is 18.0. The fourth-order valence-corrected chi connectivity index (χ4v) is 4.57. The molecule has 1 amide bonds. The molecule has 1 fully saturated rings. The van der Waals surface area contributed by atoms with Gasteiger partial charge in [0.25, 0.3) is 5.91 Å². The van der Waals surface area contributed by atoms with Crippen LogP contribution in [0.4, 0.5) is 11.6 Å². The Balaban J connectivity index is 0.00000186. The van der Waals surface area contributed by atoms with Gasteiger partial charge in [-0.15, -0.1) is 0 Å². The van der Waals surface area contributed by atoms with Gasteiger partial charge in [0.05, 0.1) is 11.4 Å². The van der Waals surface area contributed by atoms with Crippen molar-refractivity contribution in [1.82, 2.24) is 24.8 Å². The number of carbonyl (C=O) groups is 1. The van der Waals surface area contributed by atoms with Crippen molar-refractivity contribution in [2.45, 2.75) is 59.4 Å². The highest BCUT2D eigenvalue weighted by Crippen LogP contribution is 2.26. The summed E-state index contributed by atoms with van der Waals surface area (Å²) >= 11 is 0. The molecule has 0 spiro atoms. The predicted octanol–water partition coefficient (Wildman–Crippen LogP) is 6.13. The van der Waals surface area contributed by atoms with Crippen molar-refractivity contribution in [3.05, 3.63) is 54.0 Å². The molecule has 1 aromatic carbocycles. The largest absolute Gasteiger partial charge is 0.351 e. The molecule has 8 nitrogen and oxygen atoms in total. The Labute approximate surface area is 220 Å². The van der Waals surface area contributed by atoms with Gasteiger partial charge in [0, 0.05) is 41.6 Å². The standard InChI is InChI=1S/C27H35N7O.C2H6/c1-5-22(28-6-2)24-12-14-29-27(32-24)30-20-10-11-23-19(17-20)18-25(31-23)26(35)34-15-8-7-9-21(34)13-16-33(3)4;1-2/h5-6,10-12,14,17-18,21,31H,7-9,13,15-16H2,1-4H3,(H,29,30,32);1-2H3/b22-5-,28-6?;. The van der Waals surface area contributed by atoms with E-state index in [1.54, 1.807) is 12.4 Å². The summed E-state index contributed by atoms with van der Waals surface area (Å²) in [7, 11) is 4.16. The van der Waals surface area contributed by atoms with Crippen LogP contribution in [-0.4, -0.2) is 70.1 Å². The zero-order valence-corrected chi connectivity index (χ0v) is 23.1. The summed E-state index contributed by atoms with van der Waals surface area (Å²) in [5.74, 6) is 0.585. The van der Waals surface area contributed by atoms with E-state index >= 15 is 0 Å². The van der Waals surface area contributed by atoms with E-state index < -0.39 is 0 Å². The molecule has 3 aromatic rings. The maximum absolute atomic E-state index is 13.4. The fraction of sp³-hybridized carbons (Fsp3) is 0.448. The second-order valence-corrected chi connectivity index (χ2v) is 9.18. The number of allylic oxidation sites excluding steroid dienone is 1. The number of aliphatic imine (C=N–C) groups is 1. The Morgan fingerprint density at radius 2 is 2.03 bits per heavy atom. The Kier molecular flexibility index (Phi) is 10.4. The van der Waals surface area contributed by atoms with E-state index in [0.29, 0.717) is 17.7 Å². The topological polar surface area (TPSA) is 89.5 Å². The molecule has 0 bridgehead atoms. The number of aromatic nitrogens is 3. The second kappa shape index (κ2) is 13.7. The van der Waals surface area contributed by atoms with Crippen molar-refractivity contribution >= 4 is 40.4 Å². The molecule has 1 aliphatic rings. The molecular formula is C29H41N7O. The van der Waals surface area contributed by atoms with Crippen LogP contribution in [0.2, 0.25) is 0 Å². The molecular weight excluding hydrogens is 462 g/mol. The van der Waals surface area contributed by atoms with Crippen LogP contribution in [0.25, 0.3) is 16.6 Å². The minimum Gasteiger partial charge on any atom is -0.351 e. The van der Waals surface area contributed by atoms with Crippen molar-refractivity contribution in [1.29, 1.82) is 0 Å². The van der Waals surface area contributed by atoms with Crippen LogP contribution < -0.4 is 5.32 Å². The number of hydrogen-bond donors (Lipinski definition) is 2. The van der Waals surface area contributed by atoms with Gasteiger partial charge in [0.2, 0.25) is 5.95 Å². The SMILES string of the molecule is CC.CC=N/C(=C\C)c1ccnc(Nc2ccc3[nH]c(C(=O)N4CCCCC4CCN(C)C)cc3c2)n1. The maximum Gasteiger partial charge on any atom is 0.270 e. The first-order valence-corrected chi connectivity index (χ1v) is 13.3. The molecule has 198 valence electrons. The highest BCUT2D eigenvalue weighted by molar-refractivity contribution is 5.99. The van der Waals surface area contributed by atoms with Crippen LogP contribution in [0, 0.1) is 0 Å². The number of likely N-dealkylation sites (tertiary alicyclic amines) is 1. The van der Waals surface area contributed by atoms with E-state index in [1.165, 1.54) is 6.42 Å². The van der Waals surface area contributed by atoms with E-state index in [-0.39, 0.29) is 5.91 Å². The smallest absolute Gasteiger partial charge is 0.270 e.